The number of esters is 1. The molecule has 0 aliphatic heterocycles. The molecule has 0 saturated heterocycles. The Morgan fingerprint density at radius 2 is 1.94 bits per heavy atom. The molecule has 0 heterocycles. The van der Waals surface area contributed by atoms with Crippen LogP contribution in [0.2, 0.25) is 0 Å². The van der Waals surface area contributed by atoms with Crippen molar-refractivity contribution in [2.75, 3.05) is 14.2 Å². The number of carbonyl (C=O) groups is 1. The second-order valence-electron chi connectivity index (χ2n) is 3.28. The summed E-state index contributed by atoms with van der Waals surface area (Å²) in [4.78, 5) is 11.5. The van der Waals surface area contributed by atoms with Crippen LogP contribution in [0, 0.1) is 6.92 Å². The van der Waals surface area contributed by atoms with Gasteiger partial charge in [-0.25, -0.2) is 4.79 Å². The predicted octanol–water partition coefficient (Wildman–Crippen LogP) is -0.530. The lowest BCUT2D eigenvalue weighted by Crippen LogP contribution is -2.30. The standard InChI is InChI=1S/C10H13BO5/c1-6-4-7(11(13)14)5-8(15-2)9(6)10(12)16-3/h4-5,13-14H,1-3H3. The highest BCUT2D eigenvalue weighted by Gasteiger charge is 2.20. The normalized spacial score (nSPS) is 9.81. The minimum Gasteiger partial charge on any atom is -0.496 e. The first-order chi connectivity index (χ1) is 7.51. The Balaban J connectivity index is 3.34. The number of aryl methyl sites for hydroxylation is 1. The van der Waals surface area contributed by atoms with Crippen molar-refractivity contribution in [2.45, 2.75) is 6.92 Å². The lowest BCUT2D eigenvalue weighted by atomic mass is 9.78. The molecule has 2 N–H and O–H groups in total. The SMILES string of the molecule is COC(=O)c1c(C)cc(B(O)O)cc1OC. The second kappa shape index (κ2) is 5.00. The van der Waals surface area contributed by atoms with Crippen LogP contribution in [0.5, 0.6) is 5.75 Å². The van der Waals surface area contributed by atoms with Crippen LogP contribution in [0.25, 0.3) is 0 Å². The van der Waals surface area contributed by atoms with E-state index in [9.17, 15) is 4.79 Å². The van der Waals surface area contributed by atoms with E-state index in [1.165, 1.54) is 26.4 Å². The molecule has 0 radical (unpaired) electrons. The molecular formula is C10H13BO5. The fraction of sp³-hybridized carbons (Fsp3) is 0.300. The molecule has 0 spiro atoms. The summed E-state index contributed by atoms with van der Waals surface area (Å²) in [5.41, 5.74) is 1.12. The fourth-order valence-corrected chi connectivity index (χ4v) is 1.46. The lowest BCUT2D eigenvalue weighted by molar-refractivity contribution is 0.0596. The molecule has 0 amide bonds. The molecule has 0 unspecified atom stereocenters. The molecule has 0 aromatic heterocycles. The average Bonchev–Trinajstić information content (AvgIpc) is 2.26. The van der Waals surface area contributed by atoms with Crippen LogP contribution in [-0.2, 0) is 4.74 Å². The maximum Gasteiger partial charge on any atom is 0.488 e. The smallest absolute Gasteiger partial charge is 0.488 e. The molecule has 0 fully saturated rings. The first-order valence-electron chi connectivity index (χ1n) is 4.64. The first-order valence-corrected chi connectivity index (χ1v) is 4.64. The maximum absolute atomic E-state index is 11.5. The third-order valence-corrected chi connectivity index (χ3v) is 2.23. The molecular weight excluding hydrogens is 211 g/mol. The topological polar surface area (TPSA) is 76.0 Å². The summed E-state index contributed by atoms with van der Waals surface area (Å²) in [5, 5.41) is 18.1. The number of benzene rings is 1. The summed E-state index contributed by atoms with van der Waals surface area (Å²) in [6.45, 7) is 1.67. The molecule has 6 heteroatoms. The predicted molar refractivity (Wildman–Crippen MR) is 58.9 cm³/mol. The molecule has 0 aliphatic carbocycles. The van der Waals surface area contributed by atoms with Crippen LogP contribution in [-0.4, -0.2) is 37.4 Å². The summed E-state index contributed by atoms with van der Waals surface area (Å²) in [7, 11) is 1.07. The van der Waals surface area contributed by atoms with Crippen molar-refractivity contribution in [3.63, 3.8) is 0 Å². The van der Waals surface area contributed by atoms with Crippen LogP contribution in [0.1, 0.15) is 15.9 Å². The molecule has 0 atom stereocenters. The van der Waals surface area contributed by atoms with Crippen molar-refractivity contribution in [3.05, 3.63) is 23.3 Å². The van der Waals surface area contributed by atoms with Crippen molar-refractivity contribution in [3.8, 4) is 5.75 Å². The van der Waals surface area contributed by atoms with Gasteiger partial charge in [0.05, 0.1) is 14.2 Å². The Morgan fingerprint density at radius 3 is 2.38 bits per heavy atom. The molecule has 1 aromatic rings. The van der Waals surface area contributed by atoms with Crippen LogP contribution in [0.3, 0.4) is 0 Å². The number of hydrogen-bond acceptors (Lipinski definition) is 5. The van der Waals surface area contributed by atoms with Crippen LogP contribution in [0.15, 0.2) is 12.1 Å². The van der Waals surface area contributed by atoms with Gasteiger partial charge in [0.25, 0.3) is 0 Å². The molecule has 1 aromatic carbocycles. The number of ether oxygens (including phenoxy) is 2. The van der Waals surface area contributed by atoms with Gasteiger partial charge in [-0.05, 0) is 24.0 Å². The zero-order valence-electron chi connectivity index (χ0n) is 9.35. The van der Waals surface area contributed by atoms with Gasteiger partial charge in [-0.1, -0.05) is 6.07 Å². The summed E-state index contributed by atoms with van der Waals surface area (Å²) in [5.74, 6) is -0.261. The Labute approximate surface area is 93.8 Å². The average molecular weight is 224 g/mol. The molecule has 1 rings (SSSR count). The highest BCUT2D eigenvalue weighted by atomic mass is 16.5. The van der Waals surface area contributed by atoms with Crippen molar-refractivity contribution in [2.24, 2.45) is 0 Å². The van der Waals surface area contributed by atoms with Crippen molar-refractivity contribution < 1.29 is 24.3 Å². The van der Waals surface area contributed by atoms with Crippen LogP contribution in [0.4, 0.5) is 0 Å². The lowest BCUT2D eigenvalue weighted by Gasteiger charge is -2.12. The number of hydrogen-bond donors (Lipinski definition) is 2. The van der Waals surface area contributed by atoms with E-state index in [1.54, 1.807) is 6.92 Å². The van der Waals surface area contributed by atoms with E-state index in [0.29, 0.717) is 5.56 Å². The van der Waals surface area contributed by atoms with Gasteiger partial charge in [-0.2, -0.15) is 0 Å². The molecule has 5 nitrogen and oxygen atoms in total. The van der Waals surface area contributed by atoms with Gasteiger partial charge in [0.2, 0.25) is 0 Å². The Kier molecular flexibility index (Phi) is 3.92. The van der Waals surface area contributed by atoms with Gasteiger partial charge < -0.3 is 19.5 Å². The van der Waals surface area contributed by atoms with Gasteiger partial charge in [0, 0.05) is 0 Å². The first kappa shape index (κ1) is 12.5. The summed E-state index contributed by atoms with van der Waals surface area (Å²) < 4.78 is 9.63. The van der Waals surface area contributed by atoms with Crippen LogP contribution >= 0.6 is 0 Å². The Morgan fingerprint density at radius 1 is 1.31 bits per heavy atom. The minimum absolute atomic E-state index is 0.259. The van der Waals surface area contributed by atoms with Gasteiger partial charge in [0.1, 0.15) is 11.3 Å². The largest absolute Gasteiger partial charge is 0.496 e. The van der Waals surface area contributed by atoms with Gasteiger partial charge in [-0.3, -0.25) is 0 Å². The molecule has 86 valence electrons. The van der Waals surface area contributed by atoms with Crippen molar-refractivity contribution in [1.82, 2.24) is 0 Å². The minimum atomic E-state index is -1.60. The second-order valence-corrected chi connectivity index (χ2v) is 3.28. The van der Waals surface area contributed by atoms with E-state index in [-0.39, 0.29) is 16.8 Å². The zero-order valence-corrected chi connectivity index (χ0v) is 9.35. The Bertz CT molecular complexity index is 402. The molecule has 0 saturated carbocycles. The molecule has 0 bridgehead atoms. The number of rotatable bonds is 3. The highest BCUT2D eigenvalue weighted by molar-refractivity contribution is 6.58. The zero-order chi connectivity index (χ0) is 12.3. The maximum atomic E-state index is 11.5. The van der Waals surface area contributed by atoms with E-state index in [2.05, 4.69) is 4.74 Å². The number of methoxy groups -OCH3 is 2. The highest BCUT2D eigenvalue weighted by Crippen LogP contribution is 2.21. The fourth-order valence-electron chi connectivity index (χ4n) is 1.46. The van der Waals surface area contributed by atoms with Crippen molar-refractivity contribution >= 4 is 18.6 Å². The van der Waals surface area contributed by atoms with Gasteiger partial charge in [0.15, 0.2) is 0 Å². The molecule has 0 aliphatic rings. The van der Waals surface area contributed by atoms with E-state index in [4.69, 9.17) is 14.8 Å². The molecule has 16 heavy (non-hydrogen) atoms. The Hall–Kier alpha value is -1.53. The van der Waals surface area contributed by atoms with Crippen molar-refractivity contribution in [1.29, 1.82) is 0 Å². The van der Waals surface area contributed by atoms with Crippen LogP contribution < -0.4 is 10.2 Å². The van der Waals surface area contributed by atoms with E-state index < -0.39 is 13.1 Å². The summed E-state index contributed by atoms with van der Waals surface area (Å²) in [6, 6.07) is 2.89. The van der Waals surface area contributed by atoms with E-state index >= 15 is 0 Å². The third kappa shape index (κ3) is 2.34. The monoisotopic (exact) mass is 224 g/mol. The van der Waals surface area contributed by atoms with E-state index in [0.717, 1.165) is 0 Å². The van der Waals surface area contributed by atoms with E-state index in [1.807, 2.05) is 0 Å². The quantitative estimate of drug-likeness (QED) is 0.533. The number of carbonyl (C=O) groups excluding carboxylic acids is 1. The summed E-state index contributed by atoms with van der Waals surface area (Å²) >= 11 is 0. The third-order valence-electron chi connectivity index (χ3n) is 2.23. The van der Waals surface area contributed by atoms with Gasteiger partial charge in [-0.15, -0.1) is 0 Å². The summed E-state index contributed by atoms with van der Waals surface area (Å²) in [6.07, 6.45) is 0. The van der Waals surface area contributed by atoms with Gasteiger partial charge >= 0.3 is 13.1 Å².